The van der Waals surface area contributed by atoms with Gasteiger partial charge >= 0.3 is 5.97 Å². The van der Waals surface area contributed by atoms with Crippen LogP contribution >= 0.6 is 0 Å². The number of fused-ring (bicyclic) bond motifs is 1. The molecule has 1 aromatic carbocycles. The molecule has 1 aliphatic heterocycles. The molecule has 0 saturated heterocycles. The number of ether oxygens (including phenoxy) is 3. The number of methoxy groups -OCH3 is 1. The van der Waals surface area contributed by atoms with E-state index in [1.807, 2.05) is 13.8 Å². The van der Waals surface area contributed by atoms with Gasteiger partial charge in [0.05, 0.1) is 7.11 Å². The van der Waals surface area contributed by atoms with Crippen molar-refractivity contribution in [2.24, 2.45) is 0 Å². The quantitative estimate of drug-likeness (QED) is 0.683. The Bertz CT molecular complexity index is 451. The molecule has 1 aromatic rings. The summed E-state index contributed by atoms with van der Waals surface area (Å²) in [6.45, 7) is 5.53. The SMILES string of the molecule is COc1c(C)c(C)cc2c1O[C@H](C)OC2=O. The molecular formula is C12H14O4. The van der Waals surface area contributed by atoms with Crippen LogP contribution in [0.3, 0.4) is 0 Å². The van der Waals surface area contributed by atoms with Gasteiger partial charge in [-0.1, -0.05) is 0 Å². The zero-order valence-corrected chi connectivity index (χ0v) is 9.79. The molecule has 4 nitrogen and oxygen atoms in total. The molecule has 0 amide bonds. The van der Waals surface area contributed by atoms with Crippen LogP contribution in [0.4, 0.5) is 0 Å². The average Bonchev–Trinajstić information content (AvgIpc) is 2.22. The Balaban J connectivity index is 2.67. The van der Waals surface area contributed by atoms with Gasteiger partial charge in [-0.25, -0.2) is 4.79 Å². The Kier molecular flexibility index (Phi) is 2.50. The Hall–Kier alpha value is -1.71. The summed E-state index contributed by atoms with van der Waals surface area (Å²) in [6.07, 6.45) is -0.573. The van der Waals surface area contributed by atoms with Gasteiger partial charge in [-0.15, -0.1) is 0 Å². The maximum Gasteiger partial charge on any atom is 0.345 e. The Morgan fingerprint density at radius 2 is 2.00 bits per heavy atom. The van der Waals surface area contributed by atoms with Gasteiger partial charge in [0.1, 0.15) is 5.56 Å². The molecule has 2 rings (SSSR count). The normalized spacial score (nSPS) is 18.5. The van der Waals surface area contributed by atoms with Gasteiger partial charge in [0.2, 0.25) is 6.29 Å². The lowest BCUT2D eigenvalue weighted by Crippen LogP contribution is -2.27. The second kappa shape index (κ2) is 3.70. The molecule has 0 fully saturated rings. The third-order valence-electron chi connectivity index (χ3n) is 2.72. The van der Waals surface area contributed by atoms with Crippen LogP contribution in [-0.2, 0) is 4.74 Å². The van der Waals surface area contributed by atoms with Crippen molar-refractivity contribution in [2.75, 3.05) is 7.11 Å². The van der Waals surface area contributed by atoms with Gasteiger partial charge in [0, 0.05) is 6.92 Å². The highest BCUT2D eigenvalue weighted by atomic mass is 16.7. The molecule has 0 bridgehead atoms. The largest absolute Gasteiger partial charge is 0.493 e. The van der Waals surface area contributed by atoms with Crippen LogP contribution in [0.2, 0.25) is 0 Å². The Morgan fingerprint density at radius 3 is 2.62 bits per heavy atom. The van der Waals surface area contributed by atoms with Gasteiger partial charge < -0.3 is 14.2 Å². The van der Waals surface area contributed by atoms with E-state index in [-0.39, 0.29) is 5.97 Å². The number of esters is 1. The molecule has 1 aliphatic rings. The topological polar surface area (TPSA) is 44.8 Å². The fourth-order valence-corrected chi connectivity index (χ4v) is 1.78. The molecule has 0 aromatic heterocycles. The predicted octanol–water partition coefficient (Wildman–Crippen LogP) is 2.21. The molecule has 0 N–H and O–H groups in total. The first-order valence-corrected chi connectivity index (χ1v) is 5.10. The number of benzene rings is 1. The minimum atomic E-state index is -0.573. The molecule has 4 heteroatoms. The summed E-state index contributed by atoms with van der Waals surface area (Å²) >= 11 is 0. The zero-order chi connectivity index (χ0) is 11.9. The Morgan fingerprint density at radius 1 is 1.31 bits per heavy atom. The molecule has 1 atom stereocenters. The van der Waals surface area contributed by atoms with E-state index in [1.165, 1.54) is 0 Å². The van der Waals surface area contributed by atoms with E-state index in [0.29, 0.717) is 17.1 Å². The zero-order valence-electron chi connectivity index (χ0n) is 9.79. The van der Waals surface area contributed by atoms with Crippen LogP contribution in [0.5, 0.6) is 11.5 Å². The van der Waals surface area contributed by atoms with Gasteiger partial charge in [-0.2, -0.15) is 0 Å². The van der Waals surface area contributed by atoms with Crippen LogP contribution in [0.1, 0.15) is 28.4 Å². The van der Waals surface area contributed by atoms with E-state index < -0.39 is 6.29 Å². The predicted molar refractivity (Wildman–Crippen MR) is 58.0 cm³/mol. The first-order chi connectivity index (χ1) is 7.54. The van der Waals surface area contributed by atoms with E-state index >= 15 is 0 Å². The van der Waals surface area contributed by atoms with Gasteiger partial charge in [0.15, 0.2) is 11.5 Å². The van der Waals surface area contributed by atoms with Crippen molar-refractivity contribution >= 4 is 5.97 Å². The minimum Gasteiger partial charge on any atom is -0.493 e. The van der Waals surface area contributed by atoms with Crippen molar-refractivity contribution in [3.63, 3.8) is 0 Å². The van der Waals surface area contributed by atoms with E-state index in [2.05, 4.69) is 0 Å². The number of carbonyl (C=O) groups is 1. The third kappa shape index (κ3) is 1.50. The molecule has 0 saturated carbocycles. The smallest absolute Gasteiger partial charge is 0.345 e. The number of rotatable bonds is 1. The van der Waals surface area contributed by atoms with Gasteiger partial charge in [-0.3, -0.25) is 0 Å². The van der Waals surface area contributed by atoms with Gasteiger partial charge in [-0.05, 0) is 31.0 Å². The monoisotopic (exact) mass is 222 g/mol. The van der Waals surface area contributed by atoms with Crippen molar-refractivity contribution in [2.45, 2.75) is 27.1 Å². The molecule has 0 unspecified atom stereocenters. The maximum absolute atomic E-state index is 11.7. The number of carbonyl (C=O) groups excluding carboxylic acids is 1. The lowest BCUT2D eigenvalue weighted by molar-refractivity contribution is -0.0500. The van der Waals surface area contributed by atoms with E-state index in [4.69, 9.17) is 14.2 Å². The van der Waals surface area contributed by atoms with E-state index in [1.54, 1.807) is 20.1 Å². The molecule has 1 heterocycles. The first-order valence-electron chi connectivity index (χ1n) is 5.10. The highest BCUT2D eigenvalue weighted by Gasteiger charge is 2.29. The number of cyclic esters (lactones) is 1. The van der Waals surface area contributed by atoms with Gasteiger partial charge in [0.25, 0.3) is 0 Å². The summed E-state index contributed by atoms with van der Waals surface area (Å²) in [5.41, 5.74) is 2.38. The lowest BCUT2D eigenvalue weighted by atomic mass is 10.0. The van der Waals surface area contributed by atoms with Crippen LogP contribution in [0, 0.1) is 13.8 Å². The molecule has 16 heavy (non-hydrogen) atoms. The van der Waals surface area contributed by atoms with Crippen LogP contribution in [0.25, 0.3) is 0 Å². The van der Waals surface area contributed by atoms with Crippen molar-refractivity contribution in [3.8, 4) is 11.5 Å². The van der Waals surface area contributed by atoms with E-state index in [9.17, 15) is 4.79 Å². The summed E-state index contributed by atoms with van der Waals surface area (Å²) in [7, 11) is 1.57. The summed E-state index contributed by atoms with van der Waals surface area (Å²) in [6, 6.07) is 1.77. The Labute approximate surface area is 94.1 Å². The van der Waals surface area contributed by atoms with Crippen LogP contribution in [-0.4, -0.2) is 19.4 Å². The van der Waals surface area contributed by atoms with Crippen molar-refractivity contribution < 1.29 is 19.0 Å². The standard InChI is InChI=1S/C12H14O4/c1-6-5-9-11(10(14-4)7(6)2)15-8(3)16-12(9)13/h5,8H,1-4H3/t8-/m0/s1. The third-order valence-corrected chi connectivity index (χ3v) is 2.72. The second-order valence-corrected chi connectivity index (χ2v) is 3.82. The first kappa shape index (κ1) is 10.8. The summed E-state index contributed by atoms with van der Waals surface area (Å²) < 4.78 is 15.8. The molecule has 0 aliphatic carbocycles. The molecule has 0 radical (unpaired) electrons. The molecule has 0 spiro atoms. The fourth-order valence-electron chi connectivity index (χ4n) is 1.78. The van der Waals surface area contributed by atoms with Crippen LogP contribution < -0.4 is 9.47 Å². The fraction of sp³-hybridized carbons (Fsp3) is 0.417. The summed E-state index contributed by atoms with van der Waals surface area (Å²) in [4.78, 5) is 11.7. The van der Waals surface area contributed by atoms with Crippen molar-refractivity contribution in [3.05, 3.63) is 22.8 Å². The van der Waals surface area contributed by atoms with Crippen molar-refractivity contribution in [1.82, 2.24) is 0 Å². The van der Waals surface area contributed by atoms with E-state index in [0.717, 1.165) is 11.1 Å². The number of hydrogen-bond acceptors (Lipinski definition) is 4. The summed E-state index contributed by atoms with van der Waals surface area (Å²) in [5.74, 6) is 0.725. The van der Waals surface area contributed by atoms with Crippen molar-refractivity contribution in [1.29, 1.82) is 0 Å². The maximum atomic E-state index is 11.7. The molecular weight excluding hydrogens is 208 g/mol. The van der Waals surface area contributed by atoms with Crippen LogP contribution in [0.15, 0.2) is 6.07 Å². The average molecular weight is 222 g/mol. The number of aryl methyl sites for hydroxylation is 1. The summed E-state index contributed by atoms with van der Waals surface area (Å²) in [5, 5.41) is 0. The minimum absolute atomic E-state index is 0.366. The number of hydrogen-bond donors (Lipinski definition) is 0. The molecule has 86 valence electrons. The lowest BCUT2D eigenvalue weighted by Gasteiger charge is -2.25. The highest BCUT2D eigenvalue weighted by molar-refractivity contribution is 5.95. The second-order valence-electron chi connectivity index (χ2n) is 3.82. The highest BCUT2D eigenvalue weighted by Crippen LogP contribution is 2.39.